The molecule has 1 aromatic carbocycles. The Labute approximate surface area is 194 Å². The largest absolute Gasteiger partial charge is 0.397 e. The quantitative estimate of drug-likeness (QED) is 0.282. The molecule has 5 heterocycles. The number of nitrogens with one attached hydrogen (secondary N) is 2. The normalized spacial score (nSPS) is 11.7. The standard InChI is InChI=1S/C26H22N6S/c1-14(2)25-20(27)9-16(11-29-25)15-5-6-21-18(8-15)26(32-31-21)22-10-17-19(24-4-3-7-33-24)12-28-13-23(17)30-22/h3-14,30H,27H2,1-2H3,(H,31,32). The van der Waals surface area contributed by atoms with Gasteiger partial charge in [0.05, 0.1) is 34.3 Å². The van der Waals surface area contributed by atoms with E-state index in [9.17, 15) is 0 Å². The van der Waals surface area contributed by atoms with Gasteiger partial charge < -0.3 is 10.7 Å². The van der Waals surface area contributed by atoms with E-state index in [1.165, 1.54) is 4.88 Å². The van der Waals surface area contributed by atoms with Gasteiger partial charge in [-0.3, -0.25) is 15.1 Å². The van der Waals surface area contributed by atoms with Crippen LogP contribution >= 0.6 is 11.3 Å². The topological polar surface area (TPSA) is 96.3 Å². The maximum absolute atomic E-state index is 6.28. The molecule has 0 spiro atoms. The molecule has 7 heteroatoms. The second kappa shape index (κ2) is 7.56. The number of thiophene rings is 1. The lowest BCUT2D eigenvalue weighted by molar-refractivity contribution is 0.827. The van der Waals surface area contributed by atoms with Gasteiger partial charge in [0.2, 0.25) is 0 Å². The molecular weight excluding hydrogens is 428 g/mol. The van der Waals surface area contributed by atoms with Crippen LogP contribution in [0.1, 0.15) is 25.5 Å². The Bertz CT molecular complexity index is 1610. The zero-order valence-corrected chi connectivity index (χ0v) is 19.1. The number of rotatable bonds is 4. The van der Waals surface area contributed by atoms with Crippen LogP contribution in [0.5, 0.6) is 0 Å². The molecule has 6 nitrogen and oxygen atoms in total. The second-order valence-corrected chi connectivity index (χ2v) is 9.44. The number of pyridine rings is 2. The Morgan fingerprint density at radius 3 is 2.64 bits per heavy atom. The lowest BCUT2D eigenvalue weighted by atomic mass is 10.0. The van der Waals surface area contributed by atoms with Crippen LogP contribution in [-0.2, 0) is 0 Å². The minimum atomic E-state index is 0.289. The van der Waals surface area contributed by atoms with Crippen molar-refractivity contribution in [2.24, 2.45) is 0 Å². The van der Waals surface area contributed by atoms with Crippen LogP contribution in [0.25, 0.3) is 54.8 Å². The minimum Gasteiger partial charge on any atom is -0.397 e. The highest BCUT2D eigenvalue weighted by molar-refractivity contribution is 7.13. The zero-order chi connectivity index (χ0) is 22.5. The lowest BCUT2D eigenvalue weighted by Gasteiger charge is -2.10. The maximum Gasteiger partial charge on any atom is 0.116 e. The summed E-state index contributed by atoms with van der Waals surface area (Å²) in [7, 11) is 0. The lowest BCUT2D eigenvalue weighted by Crippen LogP contribution is -2.00. The fourth-order valence-electron chi connectivity index (χ4n) is 4.34. The number of aromatic nitrogens is 5. The molecule has 0 unspecified atom stereocenters. The number of nitrogens with two attached hydrogens (primary N) is 1. The summed E-state index contributed by atoms with van der Waals surface area (Å²) in [5.41, 5.74) is 14.9. The number of hydrogen-bond acceptors (Lipinski definition) is 5. The second-order valence-electron chi connectivity index (χ2n) is 8.49. The van der Waals surface area contributed by atoms with E-state index >= 15 is 0 Å². The summed E-state index contributed by atoms with van der Waals surface area (Å²) in [6.45, 7) is 4.20. The number of hydrogen-bond donors (Lipinski definition) is 3. The fourth-order valence-corrected chi connectivity index (χ4v) is 5.09. The Hall–Kier alpha value is -3.97. The van der Waals surface area contributed by atoms with Crippen LogP contribution in [-0.4, -0.2) is 25.1 Å². The van der Waals surface area contributed by atoms with Crippen LogP contribution in [0.4, 0.5) is 5.69 Å². The monoisotopic (exact) mass is 450 g/mol. The van der Waals surface area contributed by atoms with Crippen molar-refractivity contribution in [3.63, 3.8) is 0 Å². The molecule has 0 aliphatic carbocycles. The molecule has 5 aromatic heterocycles. The Morgan fingerprint density at radius 2 is 1.85 bits per heavy atom. The third kappa shape index (κ3) is 3.29. The van der Waals surface area contributed by atoms with E-state index in [1.807, 2.05) is 24.7 Å². The maximum atomic E-state index is 6.28. The van der Waals surface area contributed by atoms with E-state index in [4.69, 9.17) is 5.73 Å². The van der Waals surface area contributed by atoms with E-state index < -0.39 is 0 Å². The van der Waals surface area contributed by atoms with Gasteiger partial charge in [0, 0.05) is 39.2 Å². The molecule has 0 bridgehead atoms. The van der Waals surface area contributed by atoms with Crippen LogP contribution in [0.15, 0.2) is 66.4 Å². The van der Waals surface area contributed by atoms with Gasteiger partial charge in [0.25, 0.3) is 0 Å². The summed E-state index contributed by atoms with van der Waals surface area (Å²) in [4.78, 5) is 13.7. The molecule has 162 valence electrons. The van der Waals surface area contributed by atoms with Crippen LogP contribution in [0, 0.1) is 0 Å². The van der Waals surface area contributed by atoms with Crippen molar-refractivity contribution in [3.8, 4) is 33.0 Å². The molecule has 0 atom stereocenters. The SMILES string of the molecule is CC(C)c1ncc(-c2ccc3[nH]nc(-c4cc5c(-c6cccs6)cncc5[nH]4)c3c2)cc1N. The first-order chi connectivity index (χ1) is 16.1. The van der Waals surface area contributed by atoms with Crippen LogP contribution in [0.3, 0.4) is 0 Å². The van der Waals surface area contributed by atoms with Crippen LogP contribution in [0.2, 0.25) is 0 Å². The summed E-state index contributed by atoms with van der Waals surface area (Å²) in [6, 6.07) is 14.6. The molecule has 0 radical (unpaired) electrons. The smallest absolute Gasteiger partial charge is 0.116 e. The Kier molecular flexibility index (Phi) is 4.52. The molecule has 33 heavy (non-hydrogen) atoms. The average molecular weight is 451 g/mol. The number of anilines is 1. The fraction of sp³-hybridized carbons (Fsp3) is 0.115. The van der Waals surface area contributed by atoms with Gasteiger partial charge in [0.1, 0.15) is 5.69 Å². The highest BCUT2D eigenvalue weighted by Gasteiger charge is 2.15. The van der Waals surface area contributed by atoms with Gasteiger partial charge in [-0.2, -0.15) is 5.10 Å². The third-order valence-electron chi connectivity index (χ3n) is 5.98. The number of aromatic amines is 2. The zero-order valence-electron chi connectivity index (χ0n) is 18.3. The van der Waals surface area contributed by atoms with E-state index in [1.54, 1.807) is 11.3 Å². The number of fused-ring (bicyclic) bond motifs is 2. The molecule has 0 fully saturated rings. The summed E-state index contributed by atoms with van der Waals surface area (Å²) in [5.74, 6) is 0.289. The van der Waals surface area contributed by atoms with E-state index in [2.05, 4.69) is 80.8 Å². The van der Waals surface area contributed by atoms with Gasteiger partial charge in [-0.1, -0.05) is 26.0 Å². The van der Waals surface area contributed by atoms with Crippen molar-refractivity contribution in [1.82, 2.24) is 25.1 Å². The van der Waals surface area contributed by atoms with Gasteiger partial charge in [-0.25, -0.2) is 0 Å². The summed E-state index contributed by atoms with van der Waals surface area (Å²) < 4.78 is 0. The summed E-state index contributed by atoms with van der Waals surface area (Å²) in [6.07, 6.45) is 5.68. The highest BCUT2D eigenvalue weighted by atomic mass is 32.1. The van der Waals surface area contributed by atoms with Crippen molar-refractivity contribution >= 4 is 38.8 Å². The van der Waals surface area contributed by atoms with Crippen molar-refractivity contribution in [2.45, 2.75) is 19.8 Å². The average Bonchev–Trinajstić information content (AvgIpc) is 3.57. The molecule has 0 amide bonds. The molecular formula is C26H22N6S. The van der Waals surface area contributed by atoms with Crippen LogP contribution < -0.4 is 5.73 Å². The van der Waals surface area contributed by atoms with E-state index in [0.29, 0.717) is 0 Å². The Balaban J connectivity index is 1.47. The number of H-pyrrole nitrogens is 2. The summed E-state index contributed by atoms with van der Waals surface area (Å²) in [5, 5.41) is 12.0. The van der Waals surface area contributed by atoms with Crippen molar-refractivity contribution in [1.29, 1.82) is 0 Å². The Morgan fingerprint density at radius 1 is 0.939 bits per heavy atom. The highest BCUT2D eigenvalue weighted by Crippen LogP contribution is 2.36. The molecule has 0 saturated heterocycles. The van der Waals surface area contributed by atoms with Crippen molar-refractivity contribution in [2.75, 3.05) is 5.73 Å². The molecule has 0 saturated carbocycles. The molecule has 6 rings (SSSR count). The molecule has 4 N–H and O–H groups in total. The van der Waals surface area contributed by atoms with Gasteiger partial charge in [0.15, 0.2) is 0 Å². The van der Waals surface area contributed by atoms with Gasteiger partial charge in [-0.05, 0) is 47.2 Å². The van der Waals surface area contributed by atoms with Gasteiger partial charge >= 0.3 is 0 Å². The third-order valence-corrected chi connectivity index (χ3v) is 6.88. The van der Waals surface area contributed by atoms with E-state index in [-0.39, 0.29) is 5.92 Å². The first-order valence-electron chi connectivity index (χ1n) is 10.8. The molecule has 6 aromatic rings. The van der Waals surface area contributed by atoms with Crippen molar-refractivity contribution < 1.29 is 0 Å². The first-order valence-corrected chi connectivity index (χ1v) is 11.7. The number of nitrogens with zero attached hydrogens (tertiary/aromatic N) is 3. The predicted molar refractivity (Wildman–Crippen MR) is 136 cm³/mol. The minimum absolute atomic E-state index is 0.289. The number of nitrogen functional groups attached to an aromatic ring is 1. The van der Waals surface area contributed by atoms with Crippen molar-refractivity contribution in [3.05, 3.63) is 72.1 Å². The number of benzene rings is 1. The van der Waals surface area contributed by atoms with E-state index in [0.717, 1.165) is 61.3 Å². The van der Waals surface area contributed by atoms with Gasteiger partial charge in [-0.15, -0.1) is 11.3 Å². The first kappa shape index (κ1) is 19.7. The molecule has 0 aliphatic heterocycles. The predicted octanol–water partition coefficient (Wildman–Crippen LogP) is 6.60. The molecule has 0 aliphatic rings. The summed E-state index contributed by atoms with van der Waals surface area (Å²) >= 11 is 1.71.